The van der Waals surface area contributed by atoms with Crippen molar-refractivity contribution in [1.82, 2.24) is 0 Å². The molecule has 0 bridgehead atoms. The minimum atomic E-state index is -0.740. The molecule has 0 rings (SSSR count). The van der Waals surface area contributed by atoms with E-state index in [0.29, 0.717) is 6.54 Å². The predicted molar refractivity (Wildman–Crippen MR) is 64.7 cm³/mol. The van der Waals surface area contributed by atoms with Gasteiger partial charge in [-0.2, -0.15) is 0 Å². The van der Waals surface area contributed by atoms with E-state index in [0.717, 1.165) is 6.42 Å². The Kier molecular flexibility index (Phi) is 7.58. The number of amidine groups is 1. The minimum Gasteiger partial charge on any atom is -0.480 e. The van der Waals surface area contributed by atoms with Crippen molar-refractivity contribution in [2.75, 3.05) is 19.8 Å². The molecule has 0 amide bonds. The van der Waals surface area contributed by atoms with Crippen LogP contribution in [0.25, 0.3) is 0 Å². The molecule has 0 atom stereocenters. The lowest BCUT2D eigenvalue weighted by Crippen LogP contribution is -2.26. The summed E-state index contributed by atoms with van der Waals surface area (Å²) in [6.07, 6.45) is 0.784. The van der Waals surface area contributed by atoms with Gasteiger partial charge in [0.2, 0.25) is 0 Å². The number of aliphatic hydroxyl groups is 1. The number of carbonyl (C=O) groups excluding carboxylic acids is 1. The van der Waals surface area contributed by atoms with E-state index in [-0.39, 0.29) is 24.6 Å². The SMILES string of the molecule is CCCN=C(N)/C(C(=O)OCC)=C(/O)OCC. The van der Waals surface area contributed by atoms with E-state index in [4.69, 9.17) is 15.2 Å². The Balaban J connectivity index is 5.10. The summed E-state index contributed by atoms with van der Waals surface area (Å²) < 4.78 is 9.62. The van der Waals surface area contributed by atoms with Crippen LogP contribution in [0, 0.1) is 0 Å². The van der Waals surface area contributed by atoms with Gasteiger partial charge in [0.1, 0.15) is 5.84 Å². The molecule has 0 unspecified atom stereocenters. The largest absolute Gasteiger partial charge is 0.480 e. The van der Waals surface area contributed by atoms with Crippen molar-refractivity contribution in [3.05, 3.63) is 11.5 Å². The van der Waals surface area contributed by atoms with E-state index in [1.165, 1.54) is 0 Å². The molecule has 3 N–H and O–H groups in total. The summed E-state index contributed by atoms with van der Waals surface area (Å²) >= 11 is 0. The summed E-state index contributed by atoms with van der Waals surface area (Å²) in [6, 6.07) is 0. The monoisotopic (exact) mass is 244 g/mol. The second-order valence-corrected chi connectivity index (χ2v) is 3.10. The van der Waals surface area contributed by atoms with Crippen LogP contribution in [-0.2, 0) is 14.3 Å². The summed E-state index contributed by atoms with van der Waals surface area (Å²) in [4.78, 5) is 15.5. The van der Waals surface area contributed by atoms with Crippen LogP contribution < -0.4 is 5.73 Å². The van der Waals surface area contributed by atoms with Gasteiger partial charge in [0, 0.05) is 6.54 Å². The van der Waals surface area contributed by atoms with Crippen molar-refractivity contribution in [1.29, 1.82) is 0 Å². The number of ether oxygens (including phenoxy) is 2. The average molecular weight is 244 g/mol. The number of carbonyl (C=O) groups is 1. The standard InChI is InChI=1S/C11H20N2O4/c1-4-7-13-9(12)8(10(14)16-5-2)11(15)17-6-3/h14H,4-7H2,1-3H3,(H2,12,13)/b10-8+. The molecule has 0 aliphatic carbocycles. The molecule has 0 aliphatic heterocycles. The summed E-state index contributed by atoms with van der Waals surface area (Å²) in [6.45, 7) is 6.13. The van der Waals surface area contributed by atoms with Gasteiger partial charge in [-0.05, 0) is 20.3 Å². The molecule has 0 spiro atoms. The number of nitrogens with zero attached hydrogens (tertiary/aromatic N) is 1. The lowest BCUT2D eigenvalue weighted by atomic mass is 10.2. The molecule has 6 heteroatoms. The summed E-state index contributed by atoms with van der Waals surface area (Å²) in [5.41, 5.74) is 5.40. The van der Waals surface area contributed by atoms with Crippen molar-refractivity contribution < 1.29 is 19.4 Å². The van der Waals surface area contributed by atoms with E-state index < -0.39 is 11.9 Å². The Morgan fingerprint density at radius 3 is 2.29 bits per heavy atom. The van der Waals surface area contributed by atoms with Gasteiger partial charge in [-0.3, -0.25) is 4.99 Å². The highest BCUT2D eigenvalue weighted by Crippen LogP contribution is 2.07. The Hall–Kier alpha value is -1.72. The van der Waals surface area contributed by atoms with Crippen LogP contribution in [0.3, 0.4) is 0 Å². The highest BCUT2D eigenvalue weighted by Gasteiger charge is 2.22. The Morgan fingerprint density at radius 1 is 1.24 bits per heavy atom. The number of hydrogen-bond acceptors (Lipinski definition) is 5. The summed E-state index contributed by atoms with van der Waals surface area (Å²) in [5.74, 6) is -1.37. The average Bonchev–Trinajstić information content (AvgIpc) is 2.27. The number of nitrogens with two attached hydrogens (primary N) is 1. The van der Waals surface area contributed by atoms with Gasteiger partial charge in [0.15, 0.2) is 5.57 Å². The number of esters is 1. The maximum Gasteiger partial charge on any atom is 0.349 e. The molecule has 98 valence electrons. The smallest absolute Gasteiger partial charge is 0.349 e. The predicted octanol–water partition coefficient (Wildman–Crippen LogP) is 1.12. The molecule has 0 aromatic rings. The topological polar surface area (TPSA) is 94.1 Å². The number of rotatable bonds is 7. The van der Waals surface area contributed by atoms with Gasteiger partial charge < -0.3 is 20.3 Å². The second kappa shape index (κ2) is 8.43. The molecule has 0 heterocycles. The molecule has 0 saturated carbocycles. The lowest BCUT2D eigenvalue weighted by Gasteiger charge is -2.09. The first kappa shape index (κ1) is 15.3. The van der Waals surface area contributed by atoms with Crippen LogP contribution in [-0.4, -0.2) is 36.7 Å². The van der Waals surface area contributed by atoms with Crippen LogP contribution in [0.5, 0.6) is 0 Å². The van der Waals surface area contributed by atoms with Gasteiger partial charge in [-0.1, -0.05) is 6.92 Å². The molecule has 6 nitrogen and oxygen atoms in total. The van der Waals surface area contributed by atoms with Crippen LogP contribution >= 0.6 is 0 Å². The van der Waals surface area contributed by atoms with E-state index in [2.05, 4.69) is 4.99 Å². The highest BCUT2D eigenvalue weighted by atomic mass is 16.6. The van der Waals surface area contributed by atoms with Crippen LogP contribution in [0.1, 0.15) is 27.2 Å². The molecule has 0 aromatic carbocycles. The molecule has 17 heavy (non-hydrogen) atoms. The molecule has 0 fully saturated rings. The molecule has 0 aliphatic rings. The highest BCUT2D eigenvalue weighted by molar-refractivity contribution is 6.18. The fourth-order valence-corrected chi connectivity index (χ4v) is 1.02. The first-order valence-electron chi connectivity index (χ1n) is 5.61. The Bertz CT molecular complexity index is 311. The van der Waals surface area contributed by atoms with Gasteiger partial charge in [-0.15, -0.1) is 0 Å². The maximum atomic E-state index is 11.6. The zero-order valence-electron chi connectivity index (χ0n) is 10.5. The fraction of sp³-hybridized carbons (Fsp3) is 0.636. The van der Waals surface area contributed by atoms with Crippen molar-refractivity contribution in [2.24, 2.45) is 10.7 Å². The molecular weight excluding hydrogens is 224 g/mol. The lowest BCUT2D eigenvalue weighted by molar-refractivity contribution is -0.138. The van der Waals surface area contributed by atoms with Gasteiger partial charge in [0.05, 0.1) is 13.2 Å². The minimum absolute atomic E-state index is 0.0729. The summed E-state index contributed by atoms with van der Waals surface area (Å²) in [5, 5.41) is 9.57. The van der Waals surface area contributed by atoms with Gasteiger partial charge >= 0.3 is 5.97 Å². The zero-order valence-corrected chi connectivity index (χ0v) is 10.5. The molecule has 0 aromatic heterocycles. The van der Waals surface area contributed by atoms with Gasteiger partial charge in [-0.25, -0.2) is 4.79 Å². The first-order valence-corrected chi connectivity index (χ1v) is 5.61. The number of hydrogen-bond donors (Lipinski definition) is 2. The van der Waals surface area contributed by atoms with Crippen molar-refractivity contribution in [3.63, 3.8) is 0 Å². The quantitative estimate of drug-likeness (QED) is 0.230. The molecular formula is C11H20N2O4. The fourth-order valence-electron chi connectivity index (χ4n) is 1.02. The normalized spacial score (nSPS) is 13.0. The van der Waals surface area contributed by atoms with Crippen LogP contribution in [0.2, 0.25) is 0 Å². The van der Waals surface area contributed by atoms with Crippen LogP contribution in [0.4, 0.5) is 0 Å². The number of aliphatic imine (C=N–C) groups is 1. The summed E-state index contributed by atoms with van der Waals surface area (Å²) in [7, 11) is 0. The van der Waals surface area contributed by atoms with Crippen molar-refractivity contribution >= 4 is 11.8 Å². The van der Waals surface area contributed by atoms with Crippen molar-refractivity contribution in [3.8, 4) is 0 Å². The first-order chi connectivity index (χ1) is 8.08. The Morgan fingerprint density at radius 2 is 1.82 bits per heavy atom. The zero-order chi connectivity index (χ0) is 13.3. The van der Waals surface area contributed by atoms with Gasteiger partial charge in [0.25, 0.3) is 5.95 Å². The third-order valence-corrected chi connectivity index (χ3v) is 1.74. The van der Waals surface area contributed by atoms with Crippen molar-refractivity contribution in [2.45, 2.75) is 27.2 Å². The van der Waals surface area contributed by atoms with E-state index in [9.17, 15) is 9.90 Å². The van der Waals surface area contributed by atoms with Crippen LogP contribution in [0.15, 0.2) is 16.5 Å². The van der Waals surface area contributed by atoms with E-state index >= 15 is 0 Å². The number of aliphatic hydroxyl groups excluding tert-OH is 1. The maximum absolute atomic E-state index is 11.6. The second-order valence-electron chi connectivity index (χ2n) is 3.10. The van der Waals surface area contributed by atoms with E-state index in [1.54, 1.807) is 13.8 Å². The Labute approximate surface area is 101 Å². The third kappa shape index (κ3) is 5.24. The van der Waals surface area contributed by atoms with E-state index in [1.807, 2.05) is 6.92 Å². The molecule has 0 saturated heterocycles. The third-order valence-electron chi connectivity index (χ3n) is 1.74. The molecule has 0 radical (unpaired) electrons.